The van der Waals surface area contributed by atoms with E-state index < -0.39 is 0 Å². The van der Waals surface area contributed by atoms with E-state index in [9.17, 15) is 0 Å². The lowest BCUT2D eigenvalue weighted by Gasteiger charge is -2.32. The molecule has 0 N–H and O–H groups in total. The molecular weight excluding hydrogens is 186 g/mol. The van der Waals surface area contributed by atoms with E-state index in [2.05, 4.69) is 11.8 Å². The van der Waals surface area contributed by atoms with Crippen molar-refractivity contribution in [3.63, 3.8) is 0 Å². The highest BCUT2D eigenvalue weighted by Crippen LogP contribution is 2.16. The fourth-order valence-corrected chi connectivity index (χ4v) is 2.05. The van der Waals surface area contributed by atoms with E-state index in [4.69, 9.17) is 4.74 Å². The van der Waals surface area contributed by atoms with Crippen LogP contribution in [0.25, 0.3) is 0 Å². The van der Waals surface area contributed by atoms with E-state index in [1.807, 2.05) is 30.3 Å². The number of para-hydroxylation sites is 1. The van der Waals surface area contributed by atoms with Crippen molar-refractivity contribution in [1.82, 2.24) is 4.90 Å². The van der Waals surface area contributed by atoms with Gasteiger partial charge in [0.15, 0.2) is 0 Å². The predicted octanol–water partition coefficient (Wildman–Crippen LogP) is 2.90. The molecule has 1 saturated heterocycles. The van der Waals surface area contributed by atoms with Crippen molar-refractivity contribution in [2.24, 2.45) is 0 Å². The third kappa shape index (κ3) is 2.96. The van der Waals surface area contributed by atoms with Crippen LogP contribution >= 0.6 is 0 Å². The minimum atomic E-state index is 0.202. The first-order chi connectivity index (χ1) is 7.36. The molecule has 1 aliphatic rings. The highest BCUT2D eigenvalue weighted by atomic mass is 16.5. The van der Waals surface area contributed by atoms with Crippen LogP contribution in [0.15, 0.2) is 30.3 Å². The van der Waals surface area contributed by atoms with E-state index in [1.54, 1.807) is 0 Å². The summed E-state index contributed by atoms with van der Waals surface area (Å²) in [5.41, 5.74) is 0. The number of nitrogens with zero attached hydrogens (tertiary/aromatic N) is 1. The maximum absolute atomic E-state index is 5.88. The molecule has 0 bridgehead atoms. The number of ether oxygens (including phenoxy) is 1. The molecule has 2 nitrogen and oxygen atoms in total. The van der Waals surface area contributed by atoms with Crippen molar-refractivity contribution in [2.75, 3.05) is 13.1 Å². The number of hydrogen-bond acceptors (Lipinski definition) is 2. The Kier molecular flexibility index (Phi) is 3.62. The van der Waals surface area contributed by atoms with Crippen molar-refractivity contribution in [3.8, 4) is 5.75 Å². The summed E-state index contributed by atoms with van der Waals surface area (Å²) in [6, 6.07) is 10.1. The molecule has 1 aromatic carbocycles. The molecule has 0 aromatic heterocycles. The first-order valence-electron chi connectivity index (χ1n) is 5.82. The Morgan fingerprint density at radius 3 is 2.40 bits per heavy atom. The van der Waals surface area contributed by atoms with Gasteiger partial charge in [-0.05, 0) is 31.9 Å². The summed E-state index contributed by atoms with van der Waals surface area (Å²) in [6.07, 6.45) is 4.19. The number of likely N-dealkylation sites (tertiary alicyclic amines) is 1. The number of benzene rings is 1. The van der Waals surface area contributed by atoms with Gasteiger partial charge < -0.3 is 4.74 Å². The van der Waals surface area contributed by atoms with E-state index >= 15 is 0 Å². The molecule has 1 aromatic rings. The third-order valence-electron chi connectivity index (χ3n) is 2.95. The monoisotopic (exact) mass is 205 g/mol. The molecule has 2 rings (SSSR count). The van der Waals surface area contributed by atoms with E-state index in [0.29, 0.717) is 0 Å². The van der Waals surface area contributed by atoms with Gasteiger partial charge in [0.25, 0.3) is 0 Å². The quantitative estimate of drug-likeness (QED) is 0.752. The molecule has 0 unspecified atom stereocenters. The lowest BCUT2D eigenvalue weighted by atomic mass is 10.1. The maximum atomic E-state index is 5.88. The second-order valence-electron chi connectivity index (χ2n) is 4.13. The van der Waals surface area contributed by atoms with Crippen LogP contribution in [-0.2, 0) is 0 Å². The zero-order valence-electron chi connectivity index (χ0n) is 9.36. The molecule has 82 valence electrons. The van der Waals surface area contributed by atoms with Gasteiger partial charge in [0.2, 0.25) is 0 Å². The van der Waals surface area contributed by atoms with Crippen LogP contribution in [0.4, 0.5) is 0 Å². The van der Waals surface area contributed by atoms with Crippen LogP contribution in [0.1, 0.15) is 26.2 Å². The Balaban J connectivity index is 1.88. The first kappa shape index (κ1) is 10.5. The number of piperidine rings is 1. The normalized spacial score (nSPS) is 19.8. The fraction of sp³-hybridized carbons (Fsp3) is 0.538. The van der Waals surface area contributed by atoms with Crippen molar-refractivity contribution < 1.29 is 4.74 Å². The lowest BCUT2D eigenvalue weighted by Crippen LogP contribution is -2.40. The topological polar surface area (TPSA) is 12.5 Å². The van der Waals surface area contributed by atoms with Crippen LogP contribution in [0.5, 0.6) is 5.75 Å². The Labute approximate surface area is 91.9 Å². The van der Waals surface area contributed by atoms with Gasteiger partial charge in [-0.3, -0.25) is 4.90 Å². The van der Waals surface area contributed by atoms with Gasteiger partial charge in [-0.1, -0.05) is 24.6 Å². The molecule has 2 heteroatoms. The Bertz CT molecular complexity index is 280. The smallest absolute Gasteiger partial charge is 0.149 e. The standard InChI is InChI=1S/C13H19NO/c1-12(14-10-6-3-7-11-14)15-13-8-4-2-5-9-13/h2,4-5,8-9,12H,3,6-7,10-11H2,1H3/t12-/m0/s1. The highest BCUT2D eigenvalue weighted by Gasteiger charge is 2.17. The zero-order chi connectivity index (χ0) is 10.5. The van der Waals surface area contributed by atoms with Crippen molar-refractivity contribution in [2.45, 2.75) is 32.4 Å². The van der Waals surface area contributed by atoms with Gasteiger partial charge >= 0.3 is 0 Å². The minimum Gasteiger partial charge on any atom is -0.475 e. The highest BCUT2D eigenvalue weighted by molar-refractivity contribution is 5.21. The molecule has 0 aliphatic carbocycles. The molecule has 0 spiro atoms. The molecule has 1 fully saturated rings. The molecule has 1 atom stereocenters. The Morgan fingerprint density at radius 2 is 1.73 bits per heavy atom. The molecule has 0 amide bonds. The molecule has 15 heavy (non-hydrogen) atoms. The van der Waals surface area contributed by atoms with Crippen LogP contribution in [-0.4, -0.2) is 24.2 Å². The maximum Gasteiger partial charge on any atom is 0.149 e. The predicted molar refractivity (Wildman–Crippen MR) is 62.0 cm³/mol. The first-order valence-corrected chi connectivity index (χ1v) is 5.82. The largest absolute Gasteiger partial charge is 0.475 e. The summed E-state index contributed by atoms with van der Waals surface area (Å²) >= 11 is 0. The average molecular weight is 205 g/mol. The van der Waals surface area contributed by atoms with Gasteiger partial charge in [-0.15, -0.1) is 0 Å². The molecule has 0 radical (unpaired) electrons. The van der Waals surface area contributed by atoms with Crippen molar-refractivity contribution in [1.29, 1.82) is 0 Å². The second kappa shape index (κ2) is 5.17. The molecule has 1 heterocycles. The second-order valence-corrected chi connectivity index (χ2v) is 4.13. The Hall–Kier alpha value is -1.02. The summed E-state index contributed by atoms with van der Waals surface area (Å²) in [7, 11) is 0. The number of rotatable bonds is 3. The summed E-state index contributed by atoms with van der Waals surface area (Å²) in [6.45, 7) is 4.49. The van der Waals surface area contributed by atoms with E-state index in [0.717, 1.165) is 5.75 Å². The average Bonchev–Trinajstić information content (AvgIpc) is 2.31. The van der Waals surface area contributed by atoms with E-state index in [1.165, 1.54) is 32.4 Å². The van der Waals surface area contributed by atoms with Crippen molar-refractivity contribution in [3.05, 3.63) is 30.3 Å². The summed E-state index contributed by atoms with van der Waals surface area (Å²) in [4.78, 5) is 2.41. The van der Waals surface area contributed by atoms with Gasteiger partial charge in [0.05, 0.1) is 0 Å². The van der Waals surface area contributed by atoms with Gasteiger partial charge in [0, 0.05) is 13.1 Å². The van der Waals surface area contributed by atoms with Crippen LogP contribution in [0, 0.1) is 0 Å². The fourth-order valence-electron chi connectivity index (χ4n) is 2.05. The van der Waals surface area contributed by atoms with Gasteiger partial charge in [0.1, 0.15) is 12.0 Å². The van der Waals surface area contributed by atoms with E-state index in [-0.39, 0.29) is 6.23 Å². The SMILES string of the molecule is C[C@H](Oc1ccccc1)N1CCCCC1. The summed E-state index contributed by atoms with van der Waals surface area (Å²) in [5, 5.41) is 0. The van der Waals surface area contributed by atoms with Gasteiger partial charge in [-0.2, -0.15) is 0 Å². The van der Waals surface area contributed by atoms with Gasteiger partial charge in [-0.25, -0.2) is 0 Å². The lowest BCUT2D eigenvalue weighted by molar-refractivity contribution is 0.0262. The number of hydrogen-bond donors (Lipinski definition) is 0. The zero-order valence-corrected chi connectivity index (χ0v) is 9.36. The van der Waals surface area contributed by atoms with Crippen LogP contribution in [0.3, 0.4) is 0 Å². The Morgan fingerprint density at radius 1 is 1.07 bits per heavy atom. The molecular formula is C13H19NO. The van der Waals surface area contributed by atoms with Crippen LogP contribution in [0.2, 0.25) is 0 Å². The summed E-state index contributed by atoms with van der Waals surface area (Å²) < 4.78 is 5.88. The summed E-state index contributed by atoms with van der Waals surface area (Å²) in [5.74, 6) is 0.968. The molecule has 1 aliphatic heterocycles. The minimum absolute atomic E-state index is 0.202. The van der Waals surface area contributed by atoms with Crippen LogP contribution < -0.4 is 4.74 Å². The third-order valence-corrected chi connectivity index (χ3v) is 2.95. The van der Waals surface area contributed by atoms with Crippen molar-refractivity contribution >= 4 is 0 Å². The molecule has 0 saturated carbocycles.